The van der Waals surface area contributed by atoms with Crippen molar-refractivity contribution in [2.24, 2.45) is 16.7 Å². The zero-order chi connectivity index (χ0) is 15.3. The summed E-state index contributed by atoms with van der Waals surface area (Å²) in [5, 5.41) is 3.90. The van der Waals surface area contributed by atoms with Crippen molar-refractivity contribution in [1.29, 1.82) is 0 Å². The third-order valence-corrected chi connectivity index (χ3v) is 6.30. The van der Waals surface area contributed by atoms with Crippen molar-refractivity contribution in [2.75, 3.05) is 0 Å². The lowest BCUT2D eigenvalue weighted by atomic mass is 9.68. The van der Waals surface area contributed by atoms with Gasteiger partial charge >= 0.3 is 0 Å². The first-order valence-corrected chi connectivity index (χ1v) is 8.38. The Labute approximate surface area is 128 Å². The van der Waals surface area contributed by atoms with Gasteiger partial charge < -0.3 is 5.32 Å². The van der Waals surface area contributed by atoms with Crippen molar-refractivity contribution in [3.63, 3.8) is 0 Å². The van der Waals surface area contributed by atoms with Crippen LogP contribution in [0.4, 0.5) is 4.39 Å². The van der Waals surface area contributed by atoms with Gasteiger partial charge in [-0.3, -0.25) is 0 Å². The number of halogens is 1. The molecule has 3 rings (SSSR count). The van der Waals surface area contributed by atoms with Crippen LogP contribution < -0.4 is 5.32 Å². The predicted molar refractivity (Wildman–Crippen MR) is 85.6 cm³/mol. The number of hydrogen-bond acceptors (Lipinski definition) is 1. The number of fused-ring (bicyclic) bond motifs is 2. The van der Waals surface area contributed by atoms with Crippen LogP contribution in [0.25, 0.3) is 0 Å². The highest BCUT2D eigenvalue weighted by molar-refractivity contribution is 5.22. The molecule has 1 nitrogen and oxygen atoms in total. The van der Waals surface area contributed by atoms with E-state index in [0.717, 1.165) is 17.9 Å². The maximum absolute atomic E-state index is 13.5. The largest absolute Gasteiger partial charge is 0.306 e. The zero-order valence-electron chi connectivity index (χ0n) is 13.7. The Kier molecular flexibility index (Phi) is 3.64. The summed E-state index contributed by atoms with van der Waals surface area (Å²) in [4.78, 5) is 0. The zero-order valence-corrected chi connectivity index (χ0v) is 13.7. The summed E-state index contributed by atoms with van der Waals surface area (Å²) in [6.45, 7) is 9.46. The summed E-state index contributed by atoms with van der Waals surface area (Å²) in [7, 11) is 0. The molecule has 0 heterocycles. The fraction of sp³-hybridized carbons (Fsp3) is 0.684. The molecule has 2 fully saturated rings. The van der Waals surface area contributed by atoms with Crippen LogP contribution in [-0.2, 0) is 0 Å². The molecule has 0 saturated heterocycles. The van der Waals surface area contributed by atoms with E-state index < -0.39 is 0 Å². The molecule has 1 N–H and O–H groups in total. The van der Waals surface area contributed by atoms with Crippen LogP contribution in [0.1, 0.15) is 65.0 Å². The van der Waals surface area contributed by atoms with E-state index in [-0.39, 0.29) is 11.9 Å². The van der Waals surface area contributed by atoms with Gasteiger partial charge in [-0.1, -0.05) is 39.8 Å². The normalized spacial score (nSPS) is 35.1. The lowest BCUT2D eigenvalue weighted by Gasteiger charge is -2.45. The quantitative estimate of drug-likeness (QED) is 0.815. The molecule has 21 heavy (non-hydrogen) atoms. The average Bonchev–Trinajstić information content (AvgIpc) is 2.90. The molecule has 2 aliphatic carbocycles. The van der Waals surface area contributed by atoms with E-state index in [0.29, 0.717) is 16.9 Å². The number of nitrogens with one attached hydrogen (secondary N) is 1. The Balaban J connectivity index is 1.84. The van der Waals surface area contributed by atoms with Gasteiger partial charge in [0.1, 0.15) is 5.82 Å². The van der Waals surface area contributed by atoms with E-state index in [1.807, 2.05) is 12.1 Å². The third-order valence-electron chi connectivity index (χ3n) is 6.30. The Bertz CT molecular complexity index is 519. The maximum Gasteiger partial charge on any atom is 0.123 e. The van der Waals surface area contributed by atoms with E-state index >= 15 is 0 Å². The fourth-order valence-corrected chi connectivity index (χ4v) is 5.09. The Morgan fingerprint density at radius 3 is 2.67 bits per heavy atom. The minimum absolute atomic E-state index is 0.133. The van der Waals surface area contributed by atoms with E-state index in [9.17, 15) is 4.39 Å². The van der Waals surface area contributed by atoms with Crippen LogP contribution in [0.3, 0.4) is 0 Å². The first kappa shape index (κ1) is 15.0. The van der Waals surface area contributed by atoms with Gasteiger partial charge in [0.15, 0.2) is 0 Å². The van der Waals surface area contributed by atoms with Gasteiger partial charge in [-0.2, -0.15) is 0 Å². The lowest BCUT2D eigenvalue weighted by Crippen LogP contribution is -2.51. The molecule has 116 valence electrons. The minimum Gasteiger partial charge on any atom is -0.306 e. The number of hydrogen-bond donors (Lipinski definition) is 1. The molecule has 2 bridgehead atoms. The fourth-order valence-electron chi connectivity index (χ4n) is 5.09. The molecule has 1 aromatic rings. The van der Waals surface area contributed by atoms with Crippen LogP contribution >= 0.6 is 0 Å². The summed E-state index contributed by atoms with van der Waals surface area (Å²) in [6.07, 6.45) is 5.05. The molecule has 2 heteroatoms. The summed E-state index contributed by atoms with van der Waals surface area (Å²) in [6, 6.07) is 7.86. The van der Waals surface area contributed by atoms with Crippen LogP contribution in [-0.4, -0.2) is 6.04 Å². The average molecular weight is 289 g/mol. The van der Waals surface area contributed by atoms with Crippen molar-refractivity contribution in [3.8, 4) is 0 Å². The second-order valence-electron chi connectivity index (χ2n) is 8.03. The second-order valence-corrected chi connectivity index (χ2v) is 8.03. The highest BCUT2D eigenvalue weighted by Gasteiger charge is 2.59. The molecule has 0 amide bonds. The highest BCUT2D eigenvalue weighted by atomic mass is 19.1. The molecule has 4 unspecified atom stereocenters. The molecular weight excluding hydrogens is 261 g/mol. The van der Waals surface area contributed by atoms with E-state index in [2.05, 4.69) is 33.0 Å². The molecule has 2 aliphatic rings. The Hall–Kier alpha value is -0.890. The van der Waals surface area contributed by atoms with Crippen molar-refractivity contribution in [1.82, 2.24) is 5.32 Å². The van der Waals surface area contributed by atoms with Crippen LogP contribution in [0.5, 0.6) is 0 Å². The van der Waals surface area contributed by atoms with Crippen LogP contribution in [0.15, 0.2) is 24.3 Å². The molecule has 2 saturated carbocycles. The topological polar surface area (TPSA) is 12.0 Å². The van der Waals surface area contributed by atoms with E-state index in [1.165, 1.54) is 25.3 Å². The van der Waals surface area contributed by atoms with Crippen molar-refractivity contribution < 1.29 is 4.39 Å². The standard InChI is InChI=1S/C19H28FN/c1-5-16(13-7-6-8-15(20)11-13)21-17-18(2,3)14-9-10-19(17,4)12-14/h6-8,11,14,16-17,21H,5,9-10,12H2,1-4H3. The van der Waals surface area contributed by atoms with Crippen LogP contribution in [0.2, 0.25) is 0 Å². The first-order chi connectivity index (χ1) is 9.87. The highest BCUT2D eigenvalue weighted by Crippen LogP contribution is 2.62. The molecule has 4 atom stereocenters. The van der Waals surface area contributed by atoms with Gasteiger partial charge in [-0.25, -0.2) is 4.39 Å². The minimum atomic E-state index is -0.133. The first-order valence-electron chi connectivity index (χ1n) is 8.38. The molecule has 0 aliphatic heterocycles. The molecule has 1 aromatic carbocycles. The number of rotatable bonds is 4. The van der Waals surface area contributed by atoms with Gasteiger partial charge in [0.2, 0.25) is 0 Å². The van der Waals surface area contributed by atoms with Crippen molar-refractivity contribution in [2.45, 2.75) is 65.5 Å². The van der Waals surface area contributed by atoms with Crippen LogP contribution in [0, 0.1) is 22.6 Å². The smallest absolute Gasteiger partial charge is 0.123 e. The molecule has 0 aromatic heterocycles. The number of benzene rings is 1. The Morgan fingerprint density at radius 2 is 2.10 bits per heavy atom. The van der Waals surface area contributed by atoms with E-state index in [1.54, 1.807) is 6.07 Å². The summed E-state index contributed by atoms with van der Waals surface area (Å²) < 4.78 is 13.5. The van der Waals surface area contributed by atoms with Gasteiger partial charge in [-0.05, 0) is 60.1 Å². The summed E-state index contributed by atoms with van der Waals surface area (Å²) >= 11 is 0. The molecule has 0 radical (unpaired) electrons. The summed E-state index contributed by atoms with van der Waals surface area (Å²) in [5.74, 6) is 0.705. The Morgan fingerprint density at radius 1 is 1.33 bits per heavy atom. The van der Waals surface area contributed by atoms with Gasteiger partial charge in [0.25, 0.3) is 0 Å². The monoisotopic (exact) mass is 289 g/mol. The van der Waals surface area contributed by atoms with Crippen molar-refractivity contribution in [3.05, 3.63) is 35.6 Å². The van der Waals surface area contributed by atoms with Gasteiger partial charge in [0, 0.05) is 12.1 Å². The van der Waals surface area contributed by atoms with Gasteiger partial charge in [0.05, 0.1) is 0 Å². The lowest BCUT2D eigenvalue weighted by molar-refractivity contribution is 0.0975. The third kappa shape index (κ3) is 2.42. The SMILES string of the molecule is CCC(NC1C2(C)CCC(C2)C1(C)C)c1cccc(F)c1. The summed E-state index contributed by atoms with van der Waals surface area (Å²) in [5.41, 5.74) is 1.84. The maximum atomic E-state index is 13.5. The molecular formula is C19H28FN. The predicted octanol–water partition coefficient (Wildman–Crippen LogP) is 5.08. The van der Waals surface area contributed by atoms with Crippen molar-refractivity contribution >= 4 is 0 Å². The molecule has 0 spiro atoms. The second kappa shape index (κ2) is 5.08. The van der Waals surface area contributed by atoms with Gasteiger partial charge in [-0.15, -0.1) is 0 Å². The van der Waals surface area contributed by atoms with E-state index in [4.69, 9.17) is 0 Å².